The molecule has 0 saturated carbocycles. The van der Waals surface area contributed by atoms with E-state index in [1.165, 1.54) is 12.1 Å². The summed E-state index contributed by atoms with van der Waals surface area (Å²) < 4.78 is 32.8. The molecule has 0 aliphatic carbocycles. The van der Waals surface area contributed by atoms with Gasteiger partial charge in [-0.15, -0.1) is 0 Å². The Morgan fingerprint density at radius 1 is 0.864 bits per heavy atom. The van der Waals surface area contributed by atoms with E-state index in [-0.39, 0.29) is 41.6 Å². The average molecular weight is 322 g/mol. The second-order valence-electron chi connectivity index (χ2n) is 5.05. The Morgan fingerprint density at radius 2 is 1.45 bits per heavy atom. The summed E-state index contributed by atoms with van der Waals surface area (Å²) in [4.78, 5) is -0.186. The third kappa shape index (κ3) is 2.09. The first-order valence-electron chi connectivity index (χ1n) is 6.34. The van der Waals surface area contributed by atoms with Crippen LogP contribution in [0.1, 0.15) is 1.43 Å². The van der Waals surface area contributed by atoms with E-state index >= 15 is 0 Å². The van der Waals surface area contributed by atoms with Crippen LogP contribution in [0, 0.1) is 0 Å². The molecule has 4 nitrogen and oxygen atoms in total. The van der Waals surface area contributed by atoms with Crippen LogP contribution in [0.4, 0.5) is 0 Å². The van der Waals surface area contributed by atoms with Crippen LogP contribution in [0.5, 0.6) is 5.75 Å². The van der Waals surface area contributed by atoms with E-state index in [1.807, 2.05) is 18.2 Å². The normalized spacial score (nSPS) is 12.0. The molecule has 4 aromatic rings. The first kappa shape index (κ1) is 15.5. The average Bonchev–Trinajstić information content (AvgIpc) is 2.45. The number of hydrogen-bond acceptors (Lipinski definition) is 3. The molecule has 4 rings (SSSR count). The van der Waals surface area contributed by atoms with Crippen molar-refractivity contribution in [1.29, 1.82) is 0 Å². The van der Waals surface area contributed by atoms with Gasteiger partial charge in [-0.3, -0.25) is 4.55 Å². The van der Waals surface area contributed by atoms with Crippen LogP contribution in [0.2, 0.25) is 0 Å². The molecule has 0 radical (unpaired) electrons. The van der Waals surface area contributed by atoms with Gasteiger partial charge in [-0.2, -0.15) is 8.42 Å². The second kappa shape index (κ2) is 5.08. The second-order valence-corrected chi connectivity index (χ2v) is 6.44. The van der Waals surface area contributed by atoms with Crippen molar-refractivity contribution in [3.8, 4) is 5.75 Å². The van der Waals surface area contributed by atoms with Crippen LogP contribution >= 0.6 is 0 Å². The number of phenols is 1. The molecule has 22 heavy (non-hydrogen) atoms. The molecular weight excluding hydrogens is 311 g/mol. The number of benzene rings is 4. The number of hydrogen-bond donors (Lipinski definition) is 2. The first-order valence-corrected chi connectivity index (χ1v) is 7.78. The molecule has 0 heterocycles. The number of phenolic OH excluding ortho intramolecular Hbond substituents is 1. The van der Waals surface area contributed by atoms with E-state index in [4.69, 9.17) is 0 Å². The van der Waals surface area contributed by atoms with Gasteiger partial charge in [0.05, 0.1) is 0 Å². The Labute approximate surface area is 150 Å². The standard InChI is InChI=1S/C16H10O4S.Na.H/c17-13-7-6-10-5-4-9-2-1-3-11-14(21(18,19)20)8-12(13)16(10)15(9)11;;/h1-8,17H,(H,18,19,20);;/q;+1;-1. The molecule has 0 spiro atoms. The van der Waals surface area contributed by atoms with Gasteiger partial charge in [-0.25, -0.2) is 0 Å². The van der Waals surface area contributed by atoms with E-state index in [1.54, 1.807) is 18.2 Å². The Hall–Kier alpha value is -1.37. The van der Waals surface area contributed by atoms with Crippen molar-refractivity contribution in [2.45, 2.75) is 4.90 Å². The summed E-state index contributed by atoms with van der Waals surface area (Å²) in [6.07, 6.45) is 0. The molecule has 0 atom stereocenters. The molecule has 0 aliphatic rings. The van der Waals surface area contributed by atoms with Crippen LogP contribution in [-0.2, 0) is 10.1 Å². The van der Waals surface area contributed by atoms with E-state index in [0.29, 0.717) is 10.8 Å². The third-order valence-corrected chi connectivity index (χ3v) is 4.76. The first-order chi connectivity index (χ1) is 9.97. The largest absolute Gasteiger partial charge is 1.00 e. The summed E-state index contributed by atoms with van der Waals surface area (Å²) in [5.41, 5.74) is 0. The summed E-state index contributed by atoms with van der Waals surface area (Å²) in [5.74, 6) is -0.00865. The minimum absolute atomic E-state index is 0. The molecule has 0 saturated heterocycles. The summed E-state index contributed by atoms with van der Waals surface area (Å²) in [6.45, 7) is 0. The fourth-order valence-electron chi connectivity index (χ4n) is 2.98. The van der Waals surface area contributed by atoms with Crippen molar-refractivity contribution >= 4 is 42.4 Å². The van der Waals surface area contributed by atoms with Crippen molar-refractivity contribution < 1.29 is 49.1 Å². The molecule has 2 N–H and O–H groups in total. The van der Waals surface area contributed by atoms with Crippen molar-refractivity contribution in [2.24, 2.45) is 0 Å². The molecule has 0 bridgehead atoms. The third-order valence-electron chi connectivity index (χ3n) is 3.86. The zero-order valence-electron chi connectivity index (χ0n) is 12.7. The minimum atomic E-state index is -4.38. The van der Waals surface area contributed by atoms with E-state index in [0.717, 1.165) is 21.5 Å². The summed E-state index contributed by atoms with van der Waals surface area (Å²) in [6, 6.07) is 13.7. The van der Waals surface area contributed by atoms with Gasteiger partial charge in [0.25, 0.3) is 10.1 Å². The van der Waals surface area contributed by atoms with Gasteiger partial charge in [0.15, 0.2) is 0 Å². The Balaban J connectivity index is 0.000000960. The predicted molar refractivity (Wildman–Crippen MR) is 82.7 cm³/mol. The molecule has 4 aromatic carbocycles. The molecular formula is C16H11NaO4S. The predicted octanol–water partition coefficient (Wildman–Crippen LogP) is 0.653. The van der Waals surface area contributed by atoms with Crippen LogP contribution in [0.25, 0.3) is 32.3 Å². The molecule has 0 aromatic heterocycles. The van der Waals surface area contributed by atoms with Gasteiger partial charge in [-0.1, -0.05) is 36.4 Å². The maximum atomic E-state index is 11.7. The smallest absolute Gasteiger partial charge is 1.00 e. The number of rotatable bonds is 1. The topological polar surface area (TPSA) is 74.6 Å². The quantitative estimate of drug-likeness (QED) is 0.307. The van der Waals surface area contributed by atoms with E-state index < -0.39 is 10.1 Å². The fraction of sp³-hybridized carbons (Fsp3) is 0. The molecule has 0 fully saturated rings. The molecule has 6 heteroatoms. The zero-order valence-corrected chi connectivity index (χ0v) is 14.6. The summed E-state index contributed by atoms with van der Waals surface area (Å²) in [5, 5.41) is 14.2. The monoisotopic (exact) mass is 322 g/mol. The van der Waals surface area contributed by atoms with Crippen molar-refractivity contribution in [3.63, 3.8) is 0 Å². The minimum Gasteiger partial charge on any atom is -1.00 e. The zero-order chi connectivity index (χ0) is 14.8. The Bertz CT molecular complexity index is 1130. The van der Waals surface area contributed by atoms with Gasteiger partial charge in [-0.05, 0) is 28.3 Å². The van der Waals surface area contributed by atoms with Crippen LogP contribution in [0.3, 0.4) is 0 Å². The van der Waals surface area contributed by atoms with Crippen molar-refractivity contribution in [2.75, 3.05) is 0 Å². The fourth-order valence-corrected chi connectivity index (χ4v) is 3.70. The van der Waals surface area contributed by atoms with Gasteiger partial charge in [0.1, 0.15) is 10.6 Å². The van der Waals surface area contributed by atoms with Crippen LogP contribution < -0.4 is 29.6 Å². The van der Waals surface area contributed by atoms with E-state index in [9.17, 15) is 18.1 Å². The summed E-state index contributed by atoms with van der Waals surface area (Å²) >= 11 is 0. The summed E-state index contributed by atoms with van der Waals surface area (Å²) in [7, 11) is -4.38. The maximum Gasteiger partial charge on any atom is 1.00 e. The SMILES string of the molecule is O=S(=O)(O)c1cc2c(O)ccc3ccc4cccc1c4c32.[H-].[Na+]. The maximum absolute atomic E-state index is 11.7. The molecule has 0 amide bonds. The van der Waals surface area contributed by atoms with E-state index in [2.05, 4.69) is 0 Å². The molecule has 0 unspecified atom stereocenters. The Morgan fingerprint density at radius 3 is 2.14 bits per heavy atom. The number of aromatic hydroxyl groups is 1. The van der Waals surface area contributed by atoms with Gasteiger partial charge in [0, 0.05) is 16.2 Å². The van der Waals surface area contributed by atoms with Gasteiger partial charge < -0.3 is 6.53 Å². The van der Waals surface area contributed by atoms with Gasteiger partial charge in [0.2, 0.25) is 0 Å². The van der Waals surface area contributed by atoms with Crippen molar-refractivity contribution in [1.82, 2.24) is 0 Å². The Kier molecular flexibility index (Phi) is 3.58. The van der Waals surface area contributed by atoms with Crippen molar-refractivity contribution in [3.05, 3.63) is 48.5 Å². The van der Waals surface area contributed by atoms with Crippen LogP contribution in [0.15, 0.2) is 53.4 Å². The van der Waals surface area contributed by atoms with Crippen LogP contribution in [-0.4, -0.2) is 18.1 Å². The molecule has 106 valence electrons. The van der Waals surface area contributed by atoms with Gasteiger partial charge >= 0.3 is 29.6 Å². The molecule has 0 aliphatic heterocycles.